The highest BCUT2D eigenvalue weighted by Crippen LogP contribution is 2.25. The zero-order valence-electron chi connectivity index (χ0n) is 14.6. The van der Waals surface area contributed by atoms with Crippen LogP contribution in [-0.4, -0.2) is 80.5 Å². The molecule has 1 atom stereocenters. The van der Waals surface area contributed by atoms with E-state index in [4.69, 9.17) is 5.73 Å². The van der Waals surface area contributed by atoms with Gasteiger partial charge in [0.2, 0.25) is 5.91 Å². The molecule has 0 aliphatic carbocycles. The Morgan fingerprint density at radius 3 is 2.19 bits per heavy atom. The van der Waals surface area contributed by atoms with Crippen molar-refractivity contribution in [3.05, 3.63) is 0 Å². The fraction of sp³-hybridized carbons (Fsp3) is 0.938. The van der Waals surface area contributed by atoms with Crippen LogP contribution in [0.5, 0.6) is 0 Å². The Bertz CT molecular complexity index is 317. The van der Waals surface area contributed by atoms with E-state index in [2.05, 4.69) is 44.7 Å². The van der Waals surface area contributed by atoms with Crippen LogP contribution in [0, 0.1) is 11.3 Å². The van der Waals surface area contributed by atoms with Crippen LogP contribution in [0.3, 0.4) is 0 Å². The summed E-state index contributed by atoms with van der Waals surface area (Å²) in [5, 5.41) is 0. The summed E-state index contributed by atoms with van der Waals surface area (Å²) in [6.07, 6.45) is 0.864. The summed E-state index contributed by atoms with van der Waals surface area (Å²) in [6.45, 7) is 12.8. The molecule has 1 unspecified atom stereocenters. The van der Waals surface area contributed by atoms with Gasteiger partial charge < -0.3 is 15.5 Å². The van der Waals surface area contributed by atoms with Crippen molar-refractivity contribution in [1.29, 1.82) is 0 Å². The third-order valence-corrected chi connectivity index (χ3v) is 4.04. The zero-order chi connectivity index (χ0) is 16.0. The Balaban J connectivity index is 2.43. The number of likely N-dealkylation sites (N-methyl/N-ethyl adjacent to an activating group) is 1. The van der Waals surface area contributed by atoms with E-state index in [1.165, 1.54) is 0 Å². The first kappa shape index (κ1) is 18.4. The van der Waals surface area contributed by atoms with E-state index < -0.39 is 0 Å². The first-order valence-corrected chi connectivity index (χ1v) is 8.09. The molecule has 5 nitrogen and oxygen atoms in total. The molecule has 0 radical (unpaired) electrons. The molecular weight excluding hydrogens is 264 g/mol. The highest BCUT2D eigenvalue weighted by Gasteiger charge is 2.29. The van der Waals surface area contributed by atoms with Crippen LogP contribution < -0.4 is 5.73 Å². The molecule has 1 fully saturated rings. The predicted octanol–water partition coefficient (Wildman–Crippen LogP) is 0.703. The molecule has 0 aromatic rings. The molecule has 0 aromatic carbocycles. The zero-order valence-corrected chi connectivity index (χ0v) is 14.6. The molecule has 0 aromatic heterocycles. The molecule has 1 aliphatic heterocycles. The minimum absolute atomic E-state index is 0.0293. The van der Waals surface area contributed by atoms with Crippen LogP contribution in [0.25, 0.3) is 0 Å². The predicted molar refractivity (Wildman–Crippen MR) is 88.2 cm³/mol. The number of amides is 1. The average molecular weight is 298 g/mol. The minimum Gasteiger partial charge on any atom is -0.340 e. The quantitative estimate of drug-likeness (QED) is 0.784. The largest absolute Gasteiger partial charge is 0.340 e. The first-order valence-electron chi connectivity index (χ1n) is 8.09. The van der Waals surface area contributed by atoms with Gasteiger partial charge in [0.1, 0.15) is 0 Å². The van der Waals surface area contributed by atoms with E-state index in [-0.39, 0.29) is 17.2 Å². The van der Waals surface area contributed by atoms with Crippen molar-refractivity contribution < 1.29 is 4.79 Å². The number of nitrogens with two attached hydrogens (primary N) is 1. The number of piperazine rings is 1. The molecule has 5 heteroatoms. The summed E-state index contributed by atoms with van der Waals surface area (Å²) in [5.41, 5.74) is 5.98. The van der Waals surface area contributed by atoms with Crippen molar-refractivity contribution in [3.63, 3.8) is 0 Å². The van der Waals surface area contributed by atoms with Crippen LogP contribution >= 0.6 is 0 Å². The summed E-state index contributed by atoms with van der Waals surface area (Å²) in [5.74, 6) is 0.220. The van der Waals surface area contributed by atoms with Gasteiger partial charge in [-0.2, -0.15) is 0 Å². The molecular formula is C16H34N4O. The molecule has 2 N–H and O–H groups in total. The van der Waals surface area contributed by atoms with Gasteiger partial charge in [0, 0.05) is 45.8 Å². The Labute approximate surface area is 130 Å². The lowest BCUT2D eigenvalue weighted by atomic mass is 9.84. The molecule has 1 aliphatic rings. The fourth-order valence-corrected chi connectivity index (χ4v) is 2.80. The monoisotopic (exact) mass is 298 g/mol. The SMILES string of the molecule is CN(C)CCN1CCN(C(=O)C(CN)CC(C)(C)C)CC1. The standard InChI is InChI=1S/C16H34N4O/c1-16(2,3)12-14(13-17)15(21)20-10-8-19(9-11-20)7-6-18(4)5/h14H,6-13,17H2,1-5H3. The van der Waals surface area contributed by atoms with Crippen LogP contribution in [0.4, 0.5) is 0 Å². The smallest absolute Gasteiger partial charge is 0.227 e. The highest BCUT2D eigenvalue weighted by atomic mass is 16.2. The van der Waals surface area contributed by atoms with Gasteiger partial charge in [-0.3, -0.25) is 9.69 Å². The Morgan fingerprint density at radius 2 is 1.76 bits per heavy atom. The van der Waals surface area contributed by atoms with Crippen molar-refractivity contribution in [2.45, 2.75) is 27.2 Å². The lowest BCUT2D eigenvalue weighted by molar-refractivity contribution is -0.138. The molecule has 1 heterocycles. The summed E-state index contributed by atoms with van der Waals surface area (Å²) in [4.78, 5) is 19.2. The van der Waals surface area contributed by atoms with Gasteiger partial charge in [-0.1, -0.05) is 20.8 Å². The molecule has 124 valence electrons. The maximum atomic E-state index is 12.6. The van der Waals surface area contributed by atoms with Gasteiger partial charge in [-0.25, -0.2) is 0 Å². The highest BCUT2D eigenvalue weighted by molar-refractivity contribution is 5.79. The number of carbonyl (C=O) groups excluding carboxylic acids is 1. The van der Waals surface area contributed by atoms with Crippen LogP contribution in [0.2, 0.25) is 0 Å². The minimum atomic E-state index is -0.0293. The molecule has 1 rings (SSSR count). The van der Waals surface area contributed by atoms with Crippen LogP contribution in [0.15, 0.2) is 0 Å². The van der Waals surface area contributed by atoms with Crippen molar-refractivity contribution in [2.75, 3.05) is 59.9 Å². The molecule has 0 spiro atoms. The van der Waals surface area contributed by atoms with Crippen LogP contribution in [-0.2, 0) is 4.79 Å². The number of nitrogens with zero attached hydrogens (tertiary/aromatic N) is 3. The van der Waals surface area contributed by atoms with Crippen molar-refractivity contribution in [2.24, 2.45) is 17.1 Å². The van der Waals surface area contributed by atoms with Crippen LogP contribution in [0.1, 0.15) is 27.2 Å². The number of hydrogen-bond donors (Lipinski definition) is 1. The third-order valence-electron chi connectivity index (χ3n) is 4.04. The summed E-state index contributed by atoms with van der Waals surface area (Å²) >= 11 is 0. The summed E-state index contributed by atoms with van der Waals surface area (Å²) in [6, 6.07) is 0. The van der Waals surface area contributed by atoms with E-state index in [0.29, 0.717) is 6.54 Å². The second-order valence-corrected chi connectivity index (χ2v) is 7.67. The second kappa shape index (κ2) is 8.11. The third kappa shape index (κ3) is 6.76. The van der Waals surface area contributed by atoms with Gasteiger partial charge in [-0.05, 0) is 25.9 Å². The van der Waals surface area contributed by atoms with Crippen molar-refractivity contribution in [1.82, 2.24) is 14.7 Å². The number of rotatable bonds is 6. The number of carbonyl (C=O) groups is 1. The van der Waals surface area contributed by atoms with E-state index in [0.717, 1.165) is 45.7 Å². The van der Waals surface area contributed by atoms with E-state index in [9.17, 15) is 4.79 Å². The van der Waals surface area contributed by atoms with Gasteiger partial charge >= 0.3 is 0 Å². The molecule has 21 heavy (non-hydrogen) atoms. The Kier molecular flexibility index (Phi) is 7.10. The fourth-order valence-electron chi connectivity index (χ4n) is 2.80. The average Bonchev–Trinajstić information content (AvgIpc) is 2.41. The van der Waals surface area contributed by atoms with Gasteiger partial charge in [0.25, 0.3) is 0 Å². The van der Waals surface area contributed by atoms with Gasteiger partial charge in [-0.15, -0.1) is 0 Å². The first-order chi connectivity index (χ1) is 9.73. The normalized spacial score (nSPS) is 19.1. The van der Waals surface area contributed by atoms with Gasteiger partial charge in [0.15, 0.2) is 0 Å². The maximum Gasteiger partial charge on any atom is 0.227 e. The maximum absolute atomic E-state index is 12.6. The topological polar surface area (TPSA) is 52.8 Å². The Morgan fingerprint density at radius 1 is 1.19 bits per heavy atom. The molecule has 0 bridgehead atoms. The Hall–Kier alpha value is -0.650. The second-order valence-electron chi connectivity index (χ2n) is 7.67. The lowest BCUT2D eigenvalue weighted by Crippen LogP contribution is -2.52. The van der Waals surface area contributed by atoms with E-state index in [1.54, 1.807) is 0 Å². The molecule has 1 saturated heterocycles. The van der Waals surface area contributed by atoms with Crippen molar-refractivity contribution >= 4 is 5.91 Å². The summed E-state index contributed by atoms with van der Waals surface area (Å²) in [7, 11) is 4.19. The van der Waals surface area contributed by atoms with Crippen molar-refractivity contribution in [3.8, 4) is 0 Å². The lowest BCUT2D eigenvalue weighted by Gasteiger charge is -2.37. The number of hydrogen-bond acceptors (Lipinski definition) is 4. The van der Waals surface area contributed by atoms with E-state index >= 15 is 0 Å². The van der Waals surface area contributed by atoms with Gasteiger partial charge in [0.05, 0.1) is 5.92 Å². The van der Waals surface area contributed by atoms with E-state index in [1.807, 2.05) is 4.90 Å². The molecule has 0 saturated carbocycles. The molecule has 1 amide bonds. The summed E-state index contributed by atoms with van der Waals surface area (Å²) < 4.78 is 0.